The van der Waals surface area contributed by atoms with Gasteiger partial charge in [-0.15, -0.1) is 0 Å². The van der Waals surface area contributed by atoms with E-state index in [2.05, 4.69) is 72.2 Å². The van der Waals surface area contributed by atoms with E-state index >= 15 is 0 Å². The number of benzene rings is 1. The molecule has 0 aliphatic rings. The maximum absolute atomic E-state index is 3.48. The third kappa shape index (κ3) is 4.28. The summed E-state index contributed by atoms with van der Waals surface area (Å²) in [5, 5.41) is 6.67. The largest absolute Gasteiger partial charge is 0.386 e. The SMILES string of the molecule is CNc1ccc(I)cc1NCC(C)(C)C. The van der Waals surface area contributed by atoms with Crippen LogP contribution in [0.3, 0.4) is 0 Å². The van der Waals surface area contributed by atoms with Crippen LogP contribution in [-0.4, -0.2) is 13.6 Å². The molecule has 3 heteroatoms. The molecule has 2 nitrogen and oxygen atoms in total. The zero-order valence-corrected chi connectivity index (χ0v) is 12.0. The summed E-state index contributed by atoms with van der Waals surface area (Å²) in [7, 11) is 1.95. The first kappa shape index (κ1) is 12.6. The predicted octanol–water partition coefficient (Wildman–Crippen LogP) is 3.79. The standard InChI is InChI=1S/C12H19IN2/c1-12(2,3)8-15-11-7-9(13)5-6-10(11)14-4/h5-7,14-15H,8H2,1-4H3. The van der Waals surface area contributed by atoms with Gasteiger partial charge in [0.05, 0.1) is 11.4 Å². The topological polar surface area (TPSA) is 24.1 Å². The van der Waals surface area contributed by atoms with Crippen molar-refractivity contribution in [3.63, 3.8) is 0 Å². The third-order valence-corrected chi connectivity index (χ3v) is 2.73. The molecule has 0 atom stereocenters. The van der Waals surface area contributed by atoms with Crippen molar-refractivity contribution in [2.75, 3.05) is 24.2 Å². The van der Waals surface area contributed by atoms with Crippen molar-refractivity contribution in [3.05, 3.63) is 21.8 Å². The van der Waals surface area contributed by atoms with Crippen LogP contribution in [0.2, 0.25) is 0 Å². The fraction of sp³-hybridized carbons (Fsp3) is 0.500. The Hall–Kier alpha value is -0.450. The molecule has 84 valence electrons. The quantitative estimate of drug-likeness (QED) is 0.829. The minimum absolute atomic E-state index is 0.298. The van der Waals surface area contributed by atoms with Gasteiger partial charge in [0.1, 0.15) is 0 Å². The molecule has 0 amide bonds. The Morgan fingerprint density at radius 2 is 1.87 bits per heavy atom. The van der Waals surface area contributed by atoms with Gasteiger partial charge in [0.15, 0.2) is 0 Å². The molecule has 0 bridgehead atoms. The molecular formula is C12H19IN2. The van der Waals surface area contributed by atoms with Crippen molar-refractivity contribution in [1.29, 1.82) is 0 Å². The molecule has 2 N–H and O–H groups in total. The maximum Gasteiger partial charge on any atom is 0.0586 e. The van der Waals surface area contributed by atoms with E-state index in [1.807, 2.05) is 7.05 Å². The Balaban J connectivity index is 2.79. The summed E-state index contributed by atoms with van der Waals surface area (Å²) in [4.78, 5) is 0. The highest BCUT2D eigenvalue weighted by Gasteiger charge is 2.10. The fourth-order valence-electron chi connectivity index (χ4n) is 1.24. The normalized spacial score (nSPS) is 11.3. The van der Waals surface area contributed by atoms with Crippen molar-refractivity contribution in [3.8, 4) is 0 Å². The smallest absolute Gasteiger partial charge is 0.0586 e. The van der Waals surface area contributed by atoms with Crippen LogP contribution in [-0.2, 0) is 0 Å². The lowest BCUT2D eigenvalue weighted by molar-refractivity contribution is 0.443. The molecule has 1 rings (SSSR count). The first-order valence-electron chi connectivity index (χ1n) is 5.13. The van der Waals surface area contributed by atoms with E-state index in [-0.39, 0.29) is 0 Å². The number of rotatable bonds is 3. The molecule has 0 heterocycles. The number of hydrogen-bond acceptors (Lipinski definition) is 2. The van der Waals surface area contributed by atoms with Gasteiger partial charge in [0.25, 0.3) is 0 Å². The molecule has 0 aliphatic carbocycles. The lowest BCUT2D eigenvalue weighted by Crippen LogP contribution is -2.19. The molecule has 15 heavy (non-hydrogen) atoms. The van der Waals surface area contributed by atoms with Crippen LogP contribution in [0.1, 0.15) is 20.8 Å². The van der Waals surface area contributed by atoms with E-state index < -0.39 is 0 Å². The van der Waals surface area contributed by atoms with Crippen LogP contribution < -0.4 is 10.6 Å². The average molecular weight is 318 g/mol. The first-order chi connectivity index (χ1) is 6.92. The predicted molar refractivity (Wildman–Crippen MR) is 76.7 cm³/mol. The zero-order chi connectivity index (χ0) is 11.5. The summed E-state index contributed by atoms with van der Waals surface area (Å²) >= 11 is 2.33. The maximum atomic E-state index is 3.48. The molecule has 0 unspecified atom stereocenters. The summed E-state index contributed by atoms with van der Waals surface area (Å²) < 4.78 is 1.25. The highest BCUT2D eigenvalue weighted by Crippen LogP contribution is 2.25. The lowest BCUT2D eigenvalue weighted by atomic mass is 9.97. The van der Waals surface area contributed by atoms with Gasteiger partial charge < -0.3 is 10.6 Å². The molecular weight excluding hydrogens is 299 g/mol. The van der Waals surface area contributed by atoms with E-state index in [1.54, 1.807) is 0 Å². The monoisotopic (exact) mass is 318 g/mol. The molecule has 0 saturated heterocycles. The molecule has 0 fully saturated rings. The highest BCUT2D eigenvalue weighted by molar-refractivity contribution is 14.1. The van der Waals surface area contributed by atoms with Gasteiger partial charge in [-0.25, -0.2) is 0 Å². The van der Waals surface area contributed by atoms with Crippen molar-refractivity contribution < 1.29 is 0 Å². The van der Waals surface area contributed by atoms with Gasteiger partial charge in [0, 0.05) is 17.2 Å². The van der Waals surface area contributed by atoms with E-state index in [0.717, 1.165) is 12.2 Å². The van der Waals surface area contributed by atoms with Gasteiger partial charge >= 0.3 is 0 Å². The lowest BCUT2D eigenvalue weighted by Gasteiger charge is -2.21. The molecule has 1 aromatic rings. The van der Waals surface area contributed by atoms with E-state index in [9.17, 15) is 0 Å². The molecule has 0 saturated carbocycles. The first-order valence-corrected chi connectivity index (χ1v) is 6.21. The molecule has 0 aromatic heterocycles. The van der Waals surface area contributed by atoms with Crippen molar-refractivity contribution >= 4 is 34.0 Å². The van der Waals surface area contributed by atoms with Gasteiger partial charge in [0.2, 0.25) is 0 Å². The molecule has 0 radical (unpaired) electrons. The Bertz CT molecular complexity index is 329. The Morgan fingerprint density at radius 1 is 1.20 bits per heavy atom. The van der Waals surface area contributed by atoms with Gasteiger partial charge in [-0.05, 0) is 46.2 Å². The summed E-state index contributed by atoms with van der Waals surface area (Å²) in [6, 6.07) is 6.37. The summed E-state index contributed by atoms with van der Waals surface area (Å²) in [6.07, 6.45) is 0. The fourth-order valence-corrected chi connectivity index (χ4v) is 1.73. The minimum atomic E-state index is 0.298. The second-order valence-electron chi connectivity index (χ2n) is 4.85. The molecule has 1 aromatic carbocycles. The van der Waals surface area contributed by atoms with Crippen LogP contribution in [0, 0.1) is 8.99 Å². The number of nitrogens with one attached hydrogen (secondary N) is 2. The number of halogens is 1. The van der Waals surface area contributed by atoms with E-state index in [0.29, 0.717) is 5.41 Å². The summed E-state index contributed by atoms with van der Waals surface area (Å²) in [5.41, 5.74) is 2.63. The molecule has 0 spiro atoms. The van der Waals surface area contributed by atoms with Crippen LogP contribution in [0.5, 0.6) is 0 Å². The number of hydrogen-bond donors (Lipinski definition) is 2. The van der Waals surface area contributed by atoms with Crippen LogP contribution in [0.25, 0.3) is 0 Å². The minimum Gasteiger partial charge on any atom is -0.386 e. The third-order valence-electron chi connectivity index (χ3n) is 2.06. The second kappa shape index (κ2) is 5.05. The van der Waals surface area contributed by atoms with Crippen molar-refractivity contribution in [1.82, 2.24) is 0 Å². The Labute approximate surface area is 106 Å². The van der Waals surface area contributed by atoms with Gasteiger partial charge in [-0.2, -0.15) is 0 Å². The number of anilines is 2. The average Bonchev–Trinajstić information content (AvgIpc) is 2.14. The van der Waals surface area contributed by atoms with Crippen LogP contribution >= 0.6 is 22.6 Å². The van der Waals surface area contributed by atoms with Crippen LogP contribution in [0.4, 0.5) is 11.4 Å². The van der Waals surface area contributed by atoms with Crippen molar-refractivity contribution in [2.45, 2.75) is 20.8 Å². The van der Waals surface area contributed by atoms with Gasteiger partial charge in [-0.1, -0.05) is 20.8 Å². The van der Waals surface area contributed by atoms with E-state index in [4.69, 9.17) is 0 Å². The Kier molecular flexibility index (Phi) is 4.25. The second-order valence-corrected chi connectivity index (χ2v) is 6.10. The zero-order valence-electron chi connectivity index (χ0n) is 9.82. The van der Waals surface area contributed by atoms with E-state index in [1.165, 1.54) is 9.26 Å². The van der Waals surface area contributed by atoms with Crippen molar-refractivity contribution in [2.24, 2.45) is 5.41 Å². The van der Waals surface area contributed by atoms with Gasteiger partial charge in [-0.3, -0.25) is 0 Å². The van der Waals surface area contributed by atoms with Crippen LogP contribution in [0.15, 0.2) is 18.2 Å². The highest BCUT2D eigenvalue weighted by atomic mass is 127. The Morgan fingerprint density at radius 3 is 2.40 bits per heavy atom. The summed E-state index contributed by atoms with van der Waals surface area (Å²) in [5.74, 6) is 0. The molecule has 0 aliphatic heterocycles. The summed E-state index contributed by atoms with van der Waals surface area (Å²) in [6.45, 7) is 7.66.